The highest BCUT2D eigenvalue weighted by Gasteiger charge is 2.13. The van der Waals surface area contributed by atoms with Gasteiger partial charge in [-0.15, -0.1) is 0 Å². The Kier molecular flexibility index (Phi) is 122. The van der Waals surface area contributed by atoms with Crippen LogP contribution in [0.4, 0.5) is 4.79 Å². The number of aliphatic hydroxyl groups is 6. The number of nitrogens with one attached hydrogen (secondary N) is 3. The second-order valence-corrected chi connectivity index (χ2v) is 37.6. The molecule has 5 amide bonds. The second kappa shape index (κ2) is 121. The van der Waals surface area contributed by atoms with Gasteiger partial charge in [-0.1, -0.05) is 354 Å². The molecule has 0 aromatic heterocycles. The first kappa shape index (κ1) is 149. The first-order chi connectivity index (χ1) is 71.4. The Bertz CT molecular complexity index is 3510. The summed E-state index contributed by atoms with van der Waals surface area (Å²) < 4.78 is 18.7. The van der Waals surface area contributed by atoms with Crippen LogP contribution in [0.15, 0.2) is 158 Å². The number of esters is 3. The van der Waals surface area contributed by atoms with Crippen LogP contribution in [0, 0.1) is 0 Å². The molecule has 30 heteroatoms. The summed E-state index contributed by atoms with van der Waals surface area (Å²) in [4.78, 5) is 126. The average molecular weight is 2110 g/mol. The molecule has 6 atom stereocenters. The molecule has 0 aromatic rings. The molecule has 0 heterocycles. The van der Waals surface area contributed by atoms with E-state index in [-0.39, 0.29) is 91.8 Å². The van der Waals surface area contributed by atoms with E-state index in [1.54, 1.807) is 41.2 Å². The number of carboxylic acids is 3. The number of unbranched alkanes of at least 4 members (excludes halogenated alkanes) is 24. The molecule has 852 valence electrons. The number of thioether (sulfide) groups is 1. The number of amides is 5. The highest BCUT2D eigenvalue weighted by Crippen LogP contribution is 2.16. The summed E-state index contributed by atoms with van der Waals surface area (Å²) in [5.41, 5.74) is 0. The lowest BCUT2D eigenvalue weighted by molar-refractivity contribution is -0.141. The zero-order chi connectivity index (χ0) is 111. The zero-order valence-corrected chi connectivity index (χ0v) is 94.0. The summed E-state index contributed by atoms with van der Waals surface area (Å²) >= 11 is 1.87. The smallest absolute Gasteiger partial charge is 0.407 e. The number of hydrogen-bond donors (Lipinski definition) is 12. The predicted octanol–water partition coefficient (Wildman–Crippen LogP) is 23.7. The first-order valence-corrected chi connectivity index (χ1v) is 56.6. The molecule has 148 heavy (non-hydrogen) atoms. The van der Waals surface area contributed by atoms with Gasteiger partial charge in [0.1, 0.15) is 0 Å². The van der Waals surface area contributed by atoms with Gasteiger partial charge in [-0.3, -0.25) is 47.9 Å². The number of aliphatic carboxylic acids is 3. The molecular formula is C118H205N5O24S. The minimum atomic E-state index is -0.762. The van der Waals surface area contributed by atoms with Gasteiger partial charge in [0.2, 0.25) is 23.6 Å². The highest BCUT2D eigenvalue weighted by atomic mass is 32.2. The number of rotatable bonds is 89. The maximum Gasteiger partial charge on any atom is 0.407 e. The standard InChI is InChI=1S/C21H37NO4.2C20H35NO4.C19H33NO5.C19H33NO4.C19H32O3S/c1-4-5-9-14-19(23)15-10-6-7-13-18-22(2)20(24)16-11-8-12-17-21(25)26-3;1-3-4-8-13-18(22)14-9-7-12-17-21(2)19(23)15-10-5-6-11-16-20(24)25;1-3-4-8-13-18(22)14-9-5-6-12-17-21-19(23)15-10-7-11-16-20(24)25-2;1-3-4-7-12-17(21)13-8-5-6-10-15-20-19(23)25-16-11-9-14-18(22)24-2;1-2-3-7-12-17(21)13-8-6-11-16-20-18(22)14-9-4-5-10-15-19(23)24;1-2-3-8-13-18(20)14-9-4-6-11-16-23-17-12-7-5-10-15-19(21)22/h6-7,10,15,19,23H,4-5,8-9,11-14,16-18H2,1-3H3;7,9,12,14,18,22H,3-6,8,10-11,13,15-17H2,1-2H3,(H,24,25);5-6,9,14,18,22H,3-4,7-8,10-13,15-17H2,1-2H3,(H,21,23);5-6,8,13,17,21H,3-4,7,9-12,14-16H2,1-2H3,(H,20,23);6,8,11,13,17,21H,2-5,7,9-10,12,14-16H2,1H3,(H,20,22)(H,23,24);4,6-7,9,12,14,18,20H,2-3,5,8,10-11,13,15-17H2,1H3,(H,21,22)/b7-6-,15-10+;12-7-,14-9+;6-5-,14-9+;6-5-,13-8+;11-6-,13-8+;6-4-,12-7-,14-9+. The van der Waals surface area contributed by atoms with Crippen molar-refractivity contribution in [1.82, 2.24) is 25.8 Å². The van der Waals surface area contributed by atoms with Gasteiger partial charge in [0.15, 0.2) is 0 Å². The molecule has 0 saturated carbocycles. The maximum atomic E-state index is 12.0. The minimum Gasteiger partial charge on any atom is -0.481 e. The van der Waals surface area contributed by atoms with E-state index in [2.05, 4.69) is 89.9 Å². The number of allylic oxidation sites excluding steroid dienone is 14. The second-order valence-electron chi connectivity index (χ2n) is 36.5. The number of carbonyl (C=O) groups is 11. The third kappa shape index (κ3) is 131. The number of aliphatic hydroxyl groups excluding tert-OH is 6. The summed E-state index contributed by atoms with van der Waals surface area (Å²) in [6.45, 7) is 16.0. The molecule has 0 radical (unpaired) electrons. The van der Waals surface area contributed by atoms with Crippen molar-refractivity contribution in [2.24, 2.45) is 0 Å². The molecule has 12 N–H and O–H groups in total. The van der Waals surface area contributed by atoms with Crippen molar-refractivity contribution in [3.63, 3.8) is 0 Å². The lowest BCUT2D eigenvalue weighted by Crippen LogP contribution is -2.27. The molecule has 0 aliphatic rings. The molecule has 6 unspecified atom stereocenters. The molecule has 0 aliphatic carbocycles. The fourth-order valence-corrected chi connectivity index (χ4v) is 14.0. The normalized spacial score (nSPS) is 12.8. The molecule has 0 rings (SSSR count). The van der Waals surface area contributed by atoms with Gasteiger partial charge in [-0.2, -0.15) is 11.8 Å². The number of alkyl carbamates (subject to hydrolysis) is 1. The first-order valence-electron chi connectivity index (χ1n) is 55.5. The Morgan fingerprint density at radius 1 is 0.291 bits per heavy atom. The summed E-state index contributed by atoms with van der Waals surface area (Å²) in [6.07, 6.45) is 93.0. The number of nitrogens with zero attached hydrogens (tertiary/aromatic N) is 2. The Labute approximate surface area is 897 Å². The van der Waals surface area contributed by atoms with E-state index in [0.717, 1.165) is 262 Å². The van der Waals surface area contributed by atoms with E-state index in [4.69, 9.17) is 20.1 Å². The van der Waals surface area contributed by atoms with E-state index in [9.17, 15) is 83.4 Å². The van der Waals surface area contributed by atoms with Gasteiger partial charge in [0.25, 0.3) is 0 Å². The van der Waals surface area contributed by atoms with E-state index in [1.807, 2.05) is 134 Å². The largest absolute Gasteiger partial charge is 0.481 e. The number of likely N-dealkylation sites (N-methyl/N-ethyl adjacent to an activating group) is 1. The Balaban J connectivity index is -0.000000409. The van der Waals surface area contributed by atoms with E-state index in [1.165, 1.54) is 34.2 Å². The van der Waals surface area contributed by atoms with Gasteiger partial charge < -0.3 is 90.7 Å². The van der Waals surface area contributed by atoms with Gasteiger partial charge in [0, 0.05) is 117 Å². The summed E-state index contributed by atoms with van der Waals surface area (Å²) in [7, 11) is 7.72. The van der Waals surface area contributed by atoms with Gasteiger partial charge >= 0.3 is 41.9 Å². The third-order valence-corrected chi connectivity index (χ3v) is 23.4. The fourth-order valence-electron chi connectivity index (χ4n) is 13.3. The summed E-state index contributed by atoms with van der Waals surface area (Å²) in [6, 6.07) is 0. The van der Waals surface area contributed by atoms with Crippen LogP contribution in [0.3, 0.4) is 0 Å². The van der Waals surface area contributed by atoms with Crippen LogP contribution in [0.5, 0.6) is 0 Å². The molecule has 0 aliphatic heterocycles. The van der Waals surface area contributed by atoms with Crippen molar-refractivity contribution in [2.75, 3.05) is 86.3 Å². The predicted molar refractivity (Wildman–Crippen MR) is 604 cm³/mol. The lowest BCUT2D eigenvalue weighted by atomic mass is 10.1. The minimum absolute atomic E-state index is 0.0152. The van der Waals surface area contributed by atoms with E-state index < -0.39 is 36.2 Å². The Hall–Kier alpha value is -9.30. The van der Waals surface area contributed by atoms with Crippen LogP contribution < -0.4 is 16.0 Å². The number of carbonyl (C=O) groups excluding carboxylic acids is 8. The average Bonchev–Trinajstić information content (AvgIpc) is 0.969. The monoisotopic (exact) mass is 2110 g/mol. The zero-order valence-electron chi connectivity index (χ0n) is 93.2. The summed E-state index contributed by atoms with van der Waals surface area (Å²) in [5, 5.41) is 92.2. The number of methoxy groups -OCH3 is 3. The Morgan fingerprint density at radius 2 is 0.595 bits per heavy atom. The van der Waals surface area contributed by atoms with E-state index >= 15 is 0 Å². The topological polar surface area (TPSA) is 449 Å². The molecule has 29 nitrogen and oxygen atoms in total. The van der Waals surface area contributed by atoms with Crippen molar-refractivity contribution >= 4 is 77.3 Å². The maximum absolute atomic E-state index is 12.0. The van der Waals surface area contributed by atoms with Crippen LogP contribution in [-0.4, -0.2) is 244 Å². The van der Waals surface area contributed by atoms with Crippen LogP contribution in [-0.2, 0) is 66.9 Å². The lowest BCUT2D eigenvalue weighted by Gasteiger charge is -2.15. The number of hydrogen-bond acceptors (Lipinski definition) is 22. The van der Waals surface area contributed by atoms with Gasteiger partial charge in [-0.05, 0) is 147 Å². The Morgan fingerprint density at radius 3 is 0.966 bits per heavy atom. The molecule has 0 fully saturated rings. The number of ether oxygens (including phenoxy) is 4. The molecule has 0 bridgehead atoms. The van der Waals surface area contributed by atoms with Crippen molar-refractivity contribution in [3.8, 4) is 0 Å². The third-order valence-electron chi connectivity index (χ3n) is 22.5. The molecular weight excluding hydrogens is 1900 g/mol. The van der Waals surface area contributed by atoms with Gasteiger partial charge in [-0.25, -0.2) is 4.79 Å². The summed E-state index contributed by atoms with van der Waals surface area (Å²) in [5.74, 6) is -0.523. The van der Waals surface area contributed by atoms with E-state index in [0.29, 0.717) is 110 Å². The van der Waals surface area contributed by atoms with Crippen LogP contribution >= 0.6 is 11.8 Å². The van der Waals surface area contributed by atoms with Crippen LogP contribution in [0.1, 0.15) is 401 Å². The van der Waals surface area contributed by atoms with Crippen molar-refractivity contribution in [1.29, 1.82) is 0 Å². The fraction of sp³-hybridized carbons (Fsp3) is 0.686. The highest BCUT2D eigenvalue weighted by molar-refractivity contribution is 7.99. The van der Waals surface area contributed by atoms with Crippen LogP contribution in [0.2, 0.25) is 0 Å². The van der Waals surface area contributed by atoms with Crippen molar-refractivity contribution in [2.45, 2.75) is 438 Å². The molecule has 0 saturated heterocycles. The quantitative estimate of drug-likeness (QED) is 0.00884. The SMILES string of the molecule is CCCCCC(O)/C=C/C=C\CCN(C)C(=O)CCCCCC(=O)OC.CCCCCC(O)/C=C/C=C\CCNC(=O)CCCCCC(=O)OC.CCCCCC(O)/C=C/C=C\CCNC(=O)OCCCCC(=O)OC.CCCCCC(O)/C=C/C=C\CCSC/C=C\CCCC(=O)O.CCCCCC(O)/C=C/C=C\CN(C)C(=O)CCCCCCC(=O)O.CCCCCC(O)/C=C/C=C\CNC(=O)CCCCCCC(=O)O. The van der Waals surface area contributed by atoms with Gasteiger partial charge in [0.05, 0.1) is 64.6 Å². The van der Waals surface area contributed by atoms with Crippen molar-refractivity contribution in [3.05, 3.63) is 158 Å². The van der Waals surface area contributed by atoms with Crippen molar-refractivity contribution < 1.29 is 118 Å². The number of carboxylic acid groups (broad SMARTS) is 3. The van der Waals surface area contributed by atoms with Crippen LogP contribution in [0.25, 0.3) is 0 Å². The molecule has 0 spiro atoms. The molecule has 0 aromatic carbocycles.